The summed E-state index contributed by atoms with van der Waals surface area (Å²) in [5, 5.41) is 11.5. The Labute approximate surface area is 158 Å². The third-order valence-corrected chi connectivity index (χ3v) is 4.63. The summed E-state index contributed by atoms with van der Waals surface area (Å²) >= 11 is 0. The van der Waals surface area contributed by atoms with Gasteiger partial charge in [0.05, 0.1) is 6.42 Å². The van der Waals surface area contributed by atoms with Crippen LogP contribution in [0.1, 0.15) is 24.5 Å². The highest BCUT2D eigenvalue weighted by molar-refractivity contribution is 5.75. The van der Waals surface area contributed by atoms with Crippen LogP contribution in [-0.4, -0.2) is 41.7 Å². The average molecular weight is 368 g/mol. The van der Waals surface area contributed by atoms with Gasteiger partial charge in [-0.15, -0.1) is 0 Å². The van der Waals surface area contributed by atoms with Crippen molar-refractivity contribution >= 4 is 12.0 Å². The minimum absolute atomic E-state index is 0.0663. The zero-order chi connectivity index (χ0) is 19.4. The molecule has 1 unspecified atom stereocenters. The van der Waals surface area contributed by atoms with Gasteiger partial charge in [0.15, 0.2) is 0 Å². The van der Waals surface area contributed by atoms with E-state index in [2.05, 4.69) is 24.4 Å². The van der Waals surface area contributed by atoms with Gasteiger partial charge in [0, 0.05) is 26.6 Å². The van der Waals surface area contributed by atoms with Gasteiger partial charge in [-0.3, -0.25) is 4.79 Å². The molecule has 0 aromatic heterocycles. The third kappa shape index (κ3) is 4.78. The van der Waals surface area contributed by atoms with Gasteiger partial charge in [-0.25, -0.2) is 4.79 Å². The van der Waals surface area contributed by atoms with Crippen molar-refractivity contribution < 1.29 is 19.4 Å². The molecule has 0 radical (unpaired) electrons. The van der Waals surface area contributed by atoms with E-state index in [-0.39, 0.29) is 25.1 Å². The van der Waals surface area contributed by atoms with Gasteiger partial charge in [-0.2, -0.15) is 0 Å². The highest BCUT2D eigenvalue weighted by Gasteiger charge is 2.19. The van der Waals surface area contributed by atoms with Crippen LogP contribution in [-0.2, 0) is 17.8 Å². The summed E-state index contributed by atoms with van der Waals surface area (Å²) < 4.78 is 5.74. The van der Waals surface area contributed by atoms with Crippen molar-refractivity contribution in [1.82, 2.24) is 10.2 Å². The number of nitrogens with zero attached hydrogens (tertiary/aromatic N) is 1. The Morgan fingerprint density at radius 2 is 1.89 bits per heavy atom. The summed E-state index contributed by atoms with van der Waals surface area (Å²) in [6.45, 7) is 2.65. The Bertz CT molecular complexity index is 833. The molecule has 0 bridgehead atoms. The first-order valence-electron chi connectivity index (χ1n) is 9.02. The van der Waals surface area contributed by atoms with Crippen LogP contribution < -0.4 is 10.1 Å². The molecule has 1 aliphatic heterocycles. The maximum absolute atomic E-state index is 12.0. The van der Waals surface area contributed by atoms with Crippen LogP contribution in [0.15, 0.2) is 42.5 Å². The molecule has 2 aromatic rings. The molecule has 0 saturated heterocycles. The quantitative estimate of drug-likeness (QED) is 0.820. The molecule has 6 nitrogen and oxygen atoms in total. The van der Waals surface area contributed by atoms with Crippen LogP contribution in [0.3, 0.4) is 0 Å². The molecule has 0 spiro atoms. The molecule has 142 valence electrons. The van der Waals surface area contributed by atoms with E-state index in [1.807, 2.05) is 30.3 Å². The number of carboxylic acid groups (broad SMARTS) is 1. The van der Waals surface area contributed by atoms with Crippen LogP contribution in [0.4, 0.5) is 4.79 Å². The summed E-state index contributed by atoms with van der Waals surface area (Å²) in [5.41, 5.74) is 4.49. The number of fused-ring (bicyclic) bond motifs is 1. The molecule has 2 N–H and O–H groups in total. The Hall–Kier alpha value is -3.02. The summed E-state index contributed by atoms with van der Waals surface area (Å²) in [6, 6.07) is 14.0. The van der Waals surface area contributed by atoms with Gasteiger partial charge < -0.3 is 20.1 Å². The number of carboxylic acids is 1. The summed E-state index contributed by atoms with van der Waals surface area (Å²) in [5.74, 6) is 0.0513. The Kier molecular flexibility index (Phi) is 5.64. The SMILES string of the molecule is CC1Cc2cc(-c3ccc(CNC(=O)N(C)CCC(=O)O)cc3)ccc2O1. The average Bonchev–Trinajstić information content (AvgIpc) is 3.03. The molecule has 0 fully saturated rings. The first kappa shape index (κ1) is 18.8. The fourth-order valence-corrected chi connectivity index (χ4v) is 3.09. The molecule has 2 aromatic carbocycles. The number of benzene rings is 2. The Balaban J connectivity index is 1.57. The lowest BCUT2D eigenvalue weighted by Gasteiger charge is -2.17. The highest BCUT2D eigenvalue weighted by atomic mass is 16.5. The molecule has 27 heavy (non-hydrogen) atoms. The van der Waals surface area contributed by atoms with E-state index in [4.69, 9.17) is 9.84 Å². The number of hydrogen-bond donors (Lipinski definition) is 2. The van der Waals surface area contributed by atoms with E-state index >= 15 is 0 Å². The van der Waals surface area contributed by atoms with Crippen molar-refractivity contribution in [2.75, 3.05) is 13.6 Å². The standard InChI is InChI=1S/C21H24N2O4/c1-14-11-18-12-17(7-8-19(18)27-14)16-5-3-15(4-6-16)13-22-21(26)23(2)10-9-20(24)25/h3-8,12,14H,9-11,13H2,1-2H3,(H,22,26)(H,24,25). The number of amides is 2. The van der Waals surface area contributed by atoms with E-state index < -0.39 is 5.97 Å². The predicted molar refractivity (Wildman–Crippen MR) is 103 cm³/mol. The van der Waals surface area contributed by atoms with Crippen molar-refractivity contribution in [2.24, 2.45) is 0 Å². The lowest BCUT2D eigenvalue weighted by atomic mass is 10.00. The summed E-state index contributed by atoms with van der Waals surface area (Å²) in [6.07, 6.45) is 1.10. The number of rotatable bonds is 6. The number of aliphatic carboxylic acids is 1. The Morgan fingerprint density at radius 3 is 2.59 bits per heavy atom. The lowest BCUT2D eigenvalue weighted by molar-refractivity contribution is -0.137. The maximum atomic E-state index is 12.0. The fraction of sp³-hybridized carbons (Fsp3) is 0.333. The summed E-state index contributed by atoms with van der Waals surface area (Å²) in [7, 11) is 1.58. The van der Waals surface area contributed by atoms with Crippen molar-refractivity contribution in [1.29, 1.82) is 0 Å². The highest BCUT2D eigenvalue weighted by Crippen LogP contribution is 2.32. The number of carbonyl (C=O) groups is 2. The van der Waals surface area contributed by atoms with Crippen molar-refractivity contribution in [2.45, 2.75) is 32.4 Å². The van der Waals surface area contributed by atoms with Gasteiger partial charge in [0.1, 0.15) is 11.9 Å². The molecule has 1 aliphatic rings. The first-order chi connectivity index (χ1) is 12.9. The second-order valence-electron chi connectivity index (χ2n) is 6.88. The van der Waals surface area contributed by atoms with Gasteiger partial charge >= 0.3 is 12.0 Å². The van der Waals surface area contributed by atoms with Crippen molar-refractivity contribution in [3.05, 3.63) is 53.6 Å². The molecule has 6 heteroatoms. The van der Waals surface area contributed by atoms with Crippen LogP contribution in [0.5, 0.6) is 5.75 Å². The van der Waals surface area contributed by atoms with E-state index in [0.717, 1.165) is 28.9 Å². The fourth-order valence-electron chi connectivity index (χ4n) is 3.09. The molecule has 0 aliphatic carbocycles. The predicted octanol–water partition coefficient (Wildman–Crippen LogP) is 3.29. The molecular weight excluding hydrogens is 344 g/mol. The maximum Gasteiger partial charge on any atom is 0.317 e. The second-order valence-corrected chi connectivity index (χ2v) is 6.88. The minimum atomic E-state index is -0.919. The zero-order valence-electron chi connectivity index (χ0n) is 15.6. The molecule has 1 atom stereocenters. The van der Waals surface area contributed by atoms with E-state index in [1.165, 1.54) is 10.5 Å². The van der Waals surface area contributed by atoms with Crippen LogP contribution in [0, 0.1) is 0 Å². The van der Waals surface area contributed by atoms with Crippen molar-refractivity contribution in [3.8, 4) is 16.9 Å². The number of carbonyl (C=O) groups excluding carboxylic acids is 1. The second kappa shape index (κ2) is 8.12. The largest absolute Gasteiger partial charge is 0.490 e. The monoisotopic (exact) mass is 368 g/mol. The van der Waals surface area contributed by atoms with Gasteiger partial charge in [-0.05, 0) is 41.3 Å². The van der Waals surface area contributed by atoms with E-state index in [0.29, 0.717) is 6.54 Å². The van der Waals surface area contributed by atoms with Crippen molar-refractivity contribution in [3.63, 3.8) is 0 Å². The number of hydrogen-bond acceptors (Lipinski definition) is 3. The molecular formula is C21H24N2O4. The number of urea groups is 1. The lowest BCUT2D eigenvalue weighted by Crippen LogP contribution is -2.37. The Morgan fingerprint density at radius 1 is 1.19 bits per heavy atom. The molecule has 0 saturated carbocycles. The molecule has 2 amide bonds. The topological polar surface area (TPSA) is 78.9 Å². The van der Waals surface area contributed by atoms with Gasteiger partial charge in [0.2, 0.25) is 0 Å². The van der Waals surface area contributed by atoms with Crippen LogP contribution in [0.2, 0.25) is 0 Å². The summed E-state index contributed by atoms with van der Waals surface area (Å²) in [4.78, 5) is 23.9. The first-order valence-corrected chi connectivity index (χ1v) is 9.02. The molecule has 3 rings (SSSR count). The van der Waals surface area contributed by atoms with Gasteiger partial charge in [-0.1, -0.05) is 30.3 Å². The van der Waals surface area contributed by atoms with E-state index in [1.54, 1.807) is 7.05 Å². The van der Waals surface area contributed by atoms with Crippen LogP contribution in [0.25, 0.3) is 11.1 Å². The van der Waals surface area contributed by atoms with E-state index in [9.17, 15) is 9.59 Å². The third-order valence-electron chi connectivity index (χ3n) is 4.63. The minimum Gasteiger partial charge on any atom is -0.490 e. The number of nitrogens with one attached hydrogen (secondary N) is 1. The van der Waals surface area contributed by atoms with Crippen LogP contribution >= 0.6 is 0 Å². The molecule has 1 heterocycles. The van der Waals surface area contributed by atoms with Gasteiger partial charge in [0.25, 0.3) is 0 Å². The number of ether oxygens (including phenoxy) is 1. The zero-order valence-corrected chi connectivity index (χ0v) is 15.6. The smallest absolute Gasteiger partial charge is 0.317 e. The normalized spacial score (nSPS) is 15.0.